The van der Waals surface area contributed by atoms with Crippen molar-refractivity contribution >= 4 is 11.6 Å². The monoisotopic (exact) mass is 310 g/mol. The number of benzene rings is 1. The number of rotatable bonds is 5. The van der Waals surface area contributed by atoms with Gasteiger partial charge in [-0.2, -0.15) is 0 Å². The Hall–Kier alpha value is -2.36. The number of aryl methyl sites for hydroxylation is 2. The van der Waals surface area contributed by atoms with Gasteiger partial charge >= 0.3 is 0 Å². The third-order valence-electron chi connectivity index (χ3n) is 4.19. The van der Waals surface area contributed by atoms with Crippen molar-refractivity contribution in [2.75, 3.05) is 5.32 Å². The van der Waals surface area contributed by atoms with Gasteiger partial charge < -0.3 is 10.1 Å². The molecule has 3 rings (SSSR count). The van der Waals surface area contributed by atoms with E-state index < -0.39 is 6.10 Å². The predicted octanol–water partition coefficient (Wildman–Crippen LogP) is 3.76. The Morgan fingerprint density at radius 3 is 2.83 bits per heavy atom. The second kappa shape index (κ2) is 7.27. The standard InChI is InChI=1S/C19H22N2O2/c1-2-18(19(22)21-16-8-5-11-20-13-16)23-17-10-9-14-6-3-4-7-15(14)12-17/h5,8-13,18H,2-4,6-7H2,1H3,(H,21,22)/t18-/m0/s1. The fourth-order valence-corrected chi connectivity index (χ4v) is 2.93. The summed E-state index contributed by atoms with van der Waals surface area (Å²) in [5.41, 5.74) is 3.46. The van der Waals surface area contributed by atoms with E-state index in [0.717, 1.165) is 18.6 Å². The lowest BCUT2D eigenvalue weighted by atomic mass is 9.92. The number of anilines is 1. The number of pyridine rings is 1. The number of hydrogen-bond acceptors (Lipinski definition) is 3. The SMILES string of the molecule is CC[C@H](Oc1ccc2c(c1)CCCC2)C(=O)Nc1cccnc1. The molecule has 1 amide bonds. The maximum absolute atomic E-state index is 12.4. The highest BCUT2D eigenvalue weighted by Crippen LogP contribution is 2.26. The number of nitrogens with one attached hydrogen (secondary N) is 1. The van der Waals surface area contributed by atoms with Crippen LogP contribution in [-0.2, 0) is 17.6 Å². The number of hydrogen-bond donors (Lipinski definition) is 1. The zero-order chi connectivity index (χ0) is 16.1. The molecule has 1 heterocycles. The van der Waals surface area contributed by atoms with E-state index in [1.165, 1.54) is 24.0 Å². The minimum absolute atomic E-state index is 0.141. The first kappa shape index (κ1) is 15.5. The largest absolute Gasteiger partial charge is 0.481 e. The molecule has 4 heteroatoms. The van der Waals surface area contributed by atoms with E-state index in [-0.39, 0.29) is 5.91 Å². The molecule has 4 nitrogen and oxygen atoms in total. The van der Waals surface area contributed by atoms with Crippen LogP contribution in [0.4, 0.5) is 5.69 Å². The Labute approximate surface area is 136 Å². The van der Waals surface area contributed by atoms with Crippen LogP contribution in [0.25, 0.3) is 0 Å². The molecule has 0 aliphatic heterocycles. The number of carbonyl (C=O) groups excluding carboxylic acids is 1. The number of amides is 1. The van der Waals surface area contributed by atoms with Crippen molar-refractivity contribution in [3.63, 3.8) is 0 Å². The molecule has 120 valence electrons. The summed E-state index contributed by atoms with van der Waals surface area (Å²) in [6, 6.07) is 9.81. The van der Waals surface area contributed by atoms with Crippen LogP contribution in [0.1, 0.15) is 37.3 Å². The van der Waals surface area contributed by atoms with Crippen molar-refractivity contribution in [3.05, 3.63) is 53.9 Å². The fraction of sp³-hybridized carbons (Fsp3) is 0.368. The number of aromatic nitrogens is 1. The first-order valence-electron chi connectivity index (χ1n) is 8.25. The van der Waals surface area contributed by atoms with Gasteiger partial charge in [0, 0.05) is 6.20 Å². The maximum atomic E-state index is 12.4. The Balaban J connectivity index is 1.68. The molecule has 1 aliphatic carbocycles. The molecule has 1 atom stereocenters. The quantitative estimate of drug-likeness (QED) is 0.915. The van der Waals surface area contributed by atoms with E-state index in [4.69, 9.17) is 4.74 Å². The van der Waals surface area contributed by atoms with Gasteiger partial charge in [-0.3, -0.25) is 9.78 Å². The molecular weight excluding hydrogens is 288 g/mol. The van der Waals surface area contributed by atoms with Crippen molar-refractivity contribution in [2.24, 2.45) is 0 Å². The molecule has 2 aromatic rings. The van der Waals surface area contributed by atoms with Crippen LogP contribution in [0.2, 0.25) is 0 Å². The molecule has 1 N–H and O–H groups in total. The molecule has 0 saturated heterocycles. The smallest absolute Gasteiger partial charge is 0.265 e. The number of nitrogens with zero attached hydrogens (tertiary/aromatic N) is 1. The second-order valence-corrected chi connectivity index (χ2v) is 5.88. The lowest BCUT2D eigenvalue weighted by Gasteiger charge is -2.20. The highest BCUT2D eigenvalue weighted by molar-refractivity contribution is 5.94. The Morgan fingerprint density at radius 2 is 2.09 bits per heavy atom. The average molecular weight is 310 g/mol. The van der Waals surface area contributed by atoms with Crippen LogP contribution >= 0.6 is 0 Å². The third kappa shape index (κ3) is 3.89. The lowest BCUT2D eigenvalue weighted by Crippen LogP contribution is -2.32. The molecule has 1 aromatic carbocycles. The molecule has 0 bridgehead atoms. The Morgan fingerprint density at radius 1 is 1.26 bits per heavy atom. The van der Waals surface area contributed by atoms with E-state index in [0.29, 0.717) is 12.1 Å². The normalized spacial score (nSPS) is 14.7. The van der Waals surface area contributed by atoms with Crippen LogP contribution in [0.15, 0.2) is 42.7 Å². The van der Waals surface area contributed by atoms with Gasteiger partial charge in [0.25, 0.3) is 5.91 Å². The Bertz CT molecular complexity index is 670. The molecule has 1 aromatic heterocycles. The highest BCUT2D eigenvalue weighted by Gasteiger charge is 2.19. The summed E-state index contributed by atoms with van der Waals surface area (Å²) < 4.78 is 5.93. The van der Waals surface area contributed by atoms with Gasteiger partial charge in [0.05, 0.1) is 11.9 Å². The third-order valence-corrected chi connectivity index (χ3v) is 4.19. The fourth-order valence-electron chi connectivity index (χ4n) is 2.93. The predicted molar refractivity (Wildman–Crippen MR) is 90.7 cm³/mol. The molecule has 0 fully saturated rings. The van der Waals surface area contributed by atoms with Crippen LogP contribution in [0.3, 0.4) is 0 Å². The topological polar surface area (TPSA) is 51.2 Å². The minimum atomic E-state index is -0.503. The summed E-state index contributed by atoms with van der Waals surface area (Å²) in [7, 11) is 0. The van der Waals surface area contributed by atoms with E-state index in [9.17, 15) is 4.79 Å². The first-order chi connectivity index (χ1) is 11.3. The minimum Gasteiger partial charge on any atom is -0.481 e. The van der Waals surface area contributed by atoms with Crippen molar-refractivity contribution in [2.45, 2.75) is 45.1 Å². The van der Waals surface area contributed by atoms with Crippen LogP contribution in [-0.4, -0.2) is 17.0 Å². The van der Waals surface area contributed by atoms with Crippen LogP contribution in [0.5, 0.6) is 5.75 Å². The summed E-state index contributed by atoms with van der Waals surface area (Å²) in [6.45, 7) is 1.95. The summed E-state index contributed by atoms with van der Waals surface area (Å²) in [5.74, 6) is 0.636. The van der Waals surface area contributed by atoms with E-state index in [2.05, 4.69) is 22.4 Å². The van der Waals surface area contributed by atoms with Crippen molar-refractivity contribution in [3.8, 4) is 5.75 Å². The van der Waals surface area contributed by atoms with Crippen molar-refractivity contribution < 1.29 is 9.53 Å². The summed E-state index contributed by atoms with van der Waals surface area (Å²) in [5, 5.41) is 2.85. The van der Waals surface area contributed by atoms with E-state index in [1.807, 2.05) is 19.1 Å². The summed E-state index contributed by atoms with van der Waals surface area (Å²) >= 11 is 0. The summed E-state index contributed by atoms with van der Waals surface area (Å²) in [4.78, 5) is 16.4. The van der Waals surface area contributed by atoms with Gasteiger partial charge in [-0.15, -0.1) is 0 Å². The molecule has 1 aliphatic rings. The van der Waals surface area contributed by atoms with Gasteiger partial charge in [-0.25, -0.2) is 0 Å². The number of carbonyl (C=O) groups is 1. The van der Waals surface area contributed by atoms with E-state index in [1.54, 1.807) is 18.5 Å². The van der Waals surface area contributed by atoms with Crippen LogP contribution in [0, 0.1) is 0 Å². The van der Waals surface area contributed by atoms with Crippen molar-refractivity contribution in [1.82, 2.24) is 4.98 Å². The molecule has 23 heavy (non-hydrogen) atoms. The second-order valence-electron chi connectivity index (χ2n) is 5.88. The molecule has 0 saturated carbocycles. The average Bonchev–Trinajstić information content (AvgIpc) is 2.60. The van der Waals surface area contributed by atoms with Gasteiger partial charge in [0.2, 0.25) is 0 Å². The molecule has 0 radical (unpaired) electrons. The number of fused-ring (bicyclic) bond motifs is 1. The maximum Gasteiger partial charge on any atom is 0.265 e. The van der Waals surface area contributed by atoms with Gasteiger partial charge in [-0.1, -0.05) is 13.0 Å². The van der Waals surface area contributed by atoms with Gasteiger partial charge in [-0.05, 0) is 67.5 Å². The van der Waals surface area contributed by atoms with Crippen molar-refractivity contribution in [1.29, 1.82) is 0 Å². The summed E-state index contributed by atoms with van der Waals surface area (Å²) in [6.07, 6.45) is 8.16. The Kier molecular flexibility index (Phi) is 4.91. The highest BCUT2D eigenvalue weighted by atomic mass is 16.5. The van der Waals surface area contributed by atoms with Gasteiger partial charge in [0.1, 0.15) is 5.75 Å². The zero-order valence-electron chi connectivity index (χ0n) is 13.4. The molecule has 0 unspecified atom stereocenters. The first-order valence-corrected chi connectivity index (χ1v) is 8.25. The zero-order valence-corrected chi connectivity index (χ0v) is 13.4. The lowest BCUT2D eigenvalue weighted by molar-refractivity contribution is -0.122. The van der Waals surface area contributed by atoms with Crippen LogP contribution < -0.4 is 10.1 Å². The van der Waals surface area contributed by atoms with Gasteiger partial charge in [0.15, 0.2) is 6.10 Å². The molecule has 0 spiro atoms. The molecular formula is C19H22N2O2. The van der Waals surface area contributed by atoms with E-state index >= 15 is 0 Å². The number of ether oxygens (including phenoxy) is 1.